The molecule has 2 heterocycles. The van der Waals surface area contributed by atoms with Crippen molar-refractivity contribution >= 4 is 33.6 Å². The standard InChI is InChI=1S/C26H20FN3O4/c1-15(16-10-11-18-17-6-3-5-9-22(17)34-23(18)12-16)29-21-13-28-25(19-7-2-4-8-20(19)27)30(26(21)33)14-24(31)32/h2-13,15,29H,14H2,1H3,(H,31,32). The van der Waals surface area contributed by atoms with Gasteiger partial charge >= 0.3 is 5.97 Å². The molecule has 8 heteroatoms. The van der Waals surface area contributed by atoms with Crippen molar-refractivity contribution in [2.75, 3.05) is 5.32 Å². The number of halogens is 1. The van der Waals surface area contributed by atoms with Gasteiger partial charge in [0.2, 0.25) is 0 Å². The predicted octanol–water partition coefficient (Wildman–Crippen LogP) is 5.21. The van der Waals surface area contributed by atoms with Crippen LogP contribution in [0.4, 0.5) is 10.1 Å². The second kappa shape index (κ2) is 8.47. The number of furan rings is 1. The van der Waals surface area contributed by atoms with Crippen LogP contribution in [0.25, 0.3) is 33.3 Å². The Kier molecular flexibility index (Phi) is 5.33. The summed E-state index contributed by atoms with van der Waals surface area (Å²) in [7, 11) is 0. The van der Waals surface area contributed by atoms with Gasteiger partial charge in [-0.15, -0.1) is 0 Å². The highest BCUT2D eigenvalue weighted by Gasteiger charge is 2.19. The number of rotatable bonds is 6. The number of aliphatic carboxylic acids is 1. The minimum absolute atomic E-state index is 0.0487. The van der Waals surface area contributed by atoms with Crippen molar-refractivity contribution in [1.29, 1.82) is 0 Å². The van der Waals surface area contributed by atoms with Crippen LogP contribution in [0.1, 0.15) is 18.5 Å². The molecule has 170 valence electrons. The van der Waals surface area contributed by atoms with Crippen molar-refractivity contribution < 1.29 is 18.7 Å². The van der Waals surface area contributed by atoms with Gasteiger partial charge in [0.05, 0.1) is 11.8 Å². The molecule has 0 amide bonds. The first-order valence-electron chi connectivity index (χ1n) is 10.7. The summed E-state index contributed by atoms with van der Waals surface area (Å²) < 4.78 is 21.2. The maximum Gasteiger partial charge on any atom is 0.323 e. The molecule has 5 rings (SSSR count). The second-order valence-electron chi connectivity index (χ2n) is 7.98. The molecule has 34 heavy (non-hydrogen) atoms. The maximum absolute atomic E-state index is 14.3. The van der Waals surface area contributed by atoms with Crippen LogP contribution in [0.15, 0.2) is 82.1 Å². The number of fused-ring (bicyclic) bond motifs is 3. The number of nitrogens with one attached hydrogen (secondary N) is 1. The molecule has 0 fully saturated rings. The zero-order valence-electron chi connectivity index (χ0n) is 18.2. The van der Waals surface area contributed by atoms with Gasteiger partial charge in [-0.1, -0.05) is 42.5 Å². The lowest BCUT2D eigenvalue weighted by Crippen LogP contribution is -2.29. The smallest absolute Gasteiger partial charge is 0.323 e. The molecule has 2 N–H and O–H groups in total. The van der Waals surface area contributed by atoms with Gasteiger partial charge in [-0.3, -0.25) is 14.2 Å². The molecule has 0 aliphatic carbocycles. The van der Waals surface area contributed by atoms with Gasteiger partial charge in [0.1, 0.15) is 35.0 Å². The molecule has 5 aromatic rings. The number of hydrogen-bond acceptors (Lipinski definition) is 5. The van der Waals surface area contributed by atoms with E-state index < -0.39 is 23.9 Å². The van der Waals surface area contributed by atoms with Gasteiger partial charge in [0.15, 0.2) is 0 Å². The molecule has 1 unspecified atom stereocenters. The number of benzene rings is 3. The Labute approximate surface area is 193 Å². The molecule has 0 spiro atoms. The molecule has 0 radical (unpaired) electrons. The van der Waals surface area contributed by atoms with Crippen molar-refractivity contribution in [2.45, 2.75) is 19.5 Å². The third kappa shape index (κ3) is 3.79. The Bertz CT molecular complexity index is 1610. The van der Waals surface area contributed by atoms with Crippen LogP contribution >= 0.6 is 0 Å². The number of hydrogen-bond donors (Lipinski definition) is 2. The summed E-state index contributed by atoms with van der Waals surface area (Å²) in [6.07, 6.45) is 1.30. The SMILES string of the molecule is CC(Nc1cnc(-c2ccccc2F)n(CC(=O)O)c1=O)c1ccc2c(c1)oc1ccccc12. The number of carboxylic acid groups (broad SMARTS) is 1. The van der Waals surface area contributed by atoms with E-state index >= 15 is 0 Å². The van der Waals surface area contributed by atoms with E-state index in [1.54, 1.807) is 6.07 Å². The minimum Gasteiger partial charge on any atom is -0.480 e. The quantitative estimate of drug-likeness (QED) is 0.363. The molecule has 7 nitrogen and oxygen atoms in total. The van der Waals surface area contributed by atoms with Crippen LogP contribution in [0.2, 0.25) is 0 Å². The van der Waals surface area contributed by atoms with Crippen LogP contribution in [0.3, 0.4) is 0 Å². The van der Waals surface area contributed by atoms with Gasteiger partial charge in [-0.25, -0.2) is 9.37 Å². The summed E-state index contributed by atoms with van der Waals surface area (Å²) >= 11 is 0. The first kappa shape index (κ1) is 21.4. The predicted molar refractivity (Wildman–Crippen MR) is 127 cm³/mol. The molecular formula is C26H20FN3O4. The van der Waals surface area contributed by atoms with Crippen molar-refractivity contribution in [1.82, 2.24) is 9.55 Å². The largest absolute Gasteiger partial charge is 0.480 e. The highest BCUT2D eigenvalue weighted by molar-refractivity contribution is 6.04. The van der Waals surface area contributed by atoms with E-state index in [1.807, 2.05) is 49.4 Å². The fourth-order valence-electron chi connectivity index (χ4n) is 4.06. The van der Waals surface area contributed by atoms with Crippen LogP contribution in [0, 0.1) is 5.82 Å². The first-order valence-corrected chi connectivity index (χ1v) is 10.7. The van der Waals surface area contributed by atoms with Crippen LogP contribution in [-0.4, -0.2) is 20.6 Å². The van der Waals surface area contributed by atoms with Crippen molar-refractivity contribution in [2.24, 2.45) is 0 Å². The zero-order valence-corrected chi connectivity index (χ0v) is 18.2. The fraction of sp³-hybridized carbons (Fsp3) is 0.115. The highest BCUT2D eigenvalue weighted by Crippen LogP contribution is 2.31. The van der Waals surface area contributed by atoms with E-state index in [0.717, 1.165) is 32.1 Å². The van der Waals surface area contributed by atoms with Crippen LogP contribution in [-0.2, 0) is 11.3 Å². The maximum atomic E-state index is 14.3. The monoisotopic (exact) mass is 457 g/mol. The Morgan fingerprint density at radius 1 is 1.09 bits per heavy atom. The average Bonchev–Trinajstić information content (AvgIpc) is 3.20. The number of aromatic nitrogens is 2. The van der Waals surface area contributed by atoms with Crippen LogP contribution < -0.4 is 10.9 Å². The van der Waals surface area contributed by atoms with Gasteiger partial charge in [-0.2, -0.15) is 0 Å². The third-order valence-electron chi connectivity index (χ3n) is 5.73. The summed E-state index contributed by atoms with van der Waals surface area (Å²) in [6, 6.07) is 19.1. The average molecular weight is 457 g/mol. The molecule has 1 atom stereocenters. The molecule has 0 saturated carbocycles. The topological polar surface area (TPSA) is 97.4 Å². The van der Waals surface area contributed by atoms with Gasteiger partial charge in [0.25, 0.3) is 5.56 Å². The molecule has 0 bridgehead atoms. The number of nitrogens with zero attached hydrogens (tertiary/aromatic N) is 2. The lowest BCUT2D eigenvalue weighted by atomic mass is 10.1. The van der Waals surface area contributed by atoms with E-state index in [9.17, 15) is 19.1 Å². The molecule has 0 aliphatic rings. The molecule has 0 aliphatic heterocycles. The molecule has 3 aromatic carbocycles. The van der Waals surface area contributed by atoms with E-state index in [4.69, 9.17) is 4.42 Å². The second-order valence-corrected chi connectivity index (χ2v) is 7.98. The van der Waals surface area contributed by atoms with Crippen LogP contribution in [0.5, 0.6) is 0 Å². The number of anilines is 1. The normalized spacial score (nSPS) is 12.2. The van der Waals surface area contributed by atoms with Crippen molar-refractivity contribution in [3.05, 3.63) is 94.7 Å². The Hall–Kier alpha value is -4.46. The Morgan fingerprint density at radius 3 is 2.62 bits per heavy atom. The Morgan fingerprint density at radius 2 is 1.82 bits per heavy atom. The third-order valence-corrected chi connectivity index (χ3v) is 5.73. The van der Waals surface area contributed by atoms with E-state index in [1.165, 1.54) is 24.4 Å². The summed E-state index contributed by atoms with van der Waals surface area (Å²) in [5.41, 5.74) is 1.94. The van der Waals surface area contributed by atoms with Gasteiger partial charge in [-0.05, 0) is 36.8 Å². The van der Waals surface area contributed by atoms with Crippen molar-refractivity contribution in [3.8, 4) is 11.4 Å². The molecule has 2 aromatic heterocycles. The van der Waals surface area contributed by atoms with E-state index in [2.05, 4.69) is 10.3 Å². The van der Waals surface area contributed by atoms with Gasteiger partial charge < -0.3 is 14.8 Å². The first-order chi connectivity index (χ1) is 16.4. The van der Waals surface area contributed by atoms with E-state index in [-0.39, 0.29) is 23.1 Å². The lowest BCUT2D eigenvalue weighted by Gasteiger charge is -2.17. The number of carboxylic acids is 1. The summed E-state index contributed by atoms with van der Waals surface area (Å²) in [5.74, 6) is -1.88. The summed E-state index contributed by atoms with van der Waals surface area (Å²) in [5, 5.41) is 14.5. The lowest BCUT2D eigenvalue weighted by molar-refractivity contribution is -0.137. The Balaban J connectivity index is 1.51. The number of para-hydroxylation sites is 1. The summed E-state index contributed by atoms with van der Waals surface area (Å²) in [4.78, 5) is 28.8. The van der Waals surface area contributed by atoms with Crippen molar-refractivity contribution in [3.63, 3.8) is 0 Å². The summed E-state index contributed by atoms with van der Waals surface area (Å²) in [6.45, 7) is 1.22. The zero-order chi connectivity index (χ0) is 23.8. The minimum atomic E-state index is -1.23. The highest BCUT2D eigenvalue weighted by atomic mass is 19.1. The molecular weight excluding hydrogens is 437 g/mol. The van der Waals surface area contributed by atoms with E-state index in [0.29, 0.717) is 0 Å². The molecule has 0 saturated heterocycles. The van der Waals surface area contributed by atoms with Gasteiger partial charge in [0, 0.05) is 16.8 Å². The number of carbonyl (C=O) groups is 1. The fourth-order valence-corrected chi connectivity index (χ4v) is 4.06.